The van der Waals surface area contributed by atoms with E-state index in [4.69, 9.17) is 0 Å². The highest BCUT2D eigenvalue weighted by Crippen LogP contribution is 2.37. The van der Waals surface area contributed by atoms with E-state index in [2.05, 4.69) is 57.3 Å². The van der Waals surface area contributed by atoms with Gasteiger partial charge < -0.3 is 10.6 Å². The first-order valence-electron chi connectivity index (χ1n) is 9.86. The molecule has 2 heterocycles. The Labute approximate surface area is 164 Å². The van der Waals surface area contributed by atoms with Crippen LogP contribution in [0, 0.1) is 6.92 Å². The largest absolute Gasteiger partial charge is 0.321 e. The van der Waals surface area contributed by atoms with E-state index in [0.29, 0.717) is 11.7 Å². The van der Waals surface area contributed by atoms with Crippen molar-refractivity contribution in [1.82, 2.24) is 20.3 Å². The highest BCUT2D eigenvalue weighted by Gasteiger charge is 2.23. The number of aromatic nitrogens is 3. The van der Waals surface area contributed by atoms with Gasteiger partial charge in [-0.15, -0.1) is 5.10 Å². The van der Waals surface area contributed by atoms with Crippen LogP contribution in [0.25, 0.3) is 11.1 Å². The Hall–Kier alpha value is -2.99. The van der Waals surface area contributed by atoms with E-state index in [-0.39, 0.29) is 5.91 Å². The molecule has 6 heteroatoms. The molecule has 0 radical (unpaired) electrons. The number of piperidine rings is 1. The molecular weight excluding hydrogens is 350 g/mol. The molecule has 0 unspecified atom stereocenters. The van der Waals surface area contributed by atoms with Gasteiger partial charge in [0.1, 0.15) is 0 Å². The summed E-state index contributed by atoms with van der Waals surface area (Å²) in [5.41, 5.74) is 7.15. The Bertz CT molecular complexity index is 1050. The van der Waals surface area contributed by atoms with E-state index in [0.717, 1.165) is 43.7 Å². The first-order chi connectivity index (χ1) is 13.7. The number of anilines is 1. The van der Waals surface area contributed by atoms with Gasteiger partial charge in [-0.05, 0) is 73.7 Å². The molecule has 1 aliphatic heterocycles. The molecule has 0 spiro atoms. The molecule has 2 aliphatic rings. The average molecular weight is 373 g/mol. The summed E-state index contributed by atoms with van der Waals surface area (Å²) in [7, 11) is 0. The fraction of sp³-hybridized carbons (Fsp3) is 0.318. The van der Waals surface area contributed by atoms with E-state index < -0.39 is 0 Å². The lowest BCUT2D eigenvalue weighted by Gasteiger charge is -2.23. The Balaban J connectivity index is 1.35. The zero-order valence-corrected chi connectivity index (χ0v) is 15.9. The van der Waals surface area contributed by atoms with Crippen LogP contribution in [-0.4, -0.2) is 34.0 Å². The topological polar surface area (TPSA) is 71.8 Å². The van der Waals surface area contributed by atoms with Gasteiger partial charge in [-0.1, -0.05) is 35.5 Å². The number of hydrogen-bond donors (Lipinski definition) is 2. The van der Waals surface area contributed by atoms with Crippen LogP contribution >= 0.6 is 0 Å². The highest BCUT2D eigenvalue weighted by molar-refractivity contribution is 6.03. The van der Waals surface area contributed by atoms with Gasteiger partial charge in [0.2, 0.25) is 0 Å². The SMILES string of the molecule is Cc1c(C(=O)Nc2ccc3c(c2)Cc2ccccc2-3)nnn1C1CCNCC1. The van der Waals surface area contributed by atoms with Crippen LogP contribution in [0.3, 0.4) is 0 Å². The molecule has 28 heavy (non-hydrogen) atoms. The van der Waals surface area contributed by atoms with Gasteiger partial charge in [0.25, 0.3) is 5.91 Å². The normalized spacial score (nSPS) is 15.9. The fourth-order valence-electron chi connectivity index (χ4n) is 4.36. The number of benzene rings is 2. The summed E-state index contributed by atoms with van der Waals surface area (Å²) in [4.78, 5) is 12.8. The summed E-state index contributed by atoms with van der Waals surface area (Å²) in [6.45, 7) is 3.88. The molecule has 1 fully saturated rings. The van der Waals surface area contributed by atoms with E-state index in [1.165, 1.54) is 22.3 Å². The van der Waals surface area contributed by atoms with Gasteiger partial charge in [-0.3, -0.25) is 4.79 Å². The van der Waals surface area contributed by atoms with Gasteiger partial charge in [0.05, 0.1) is 11.7 Å². The van der Waals surface area contributed by atoms with E-state index in [1.807, 2.05) is 17.7 Å². The van der Waals surface area contributed by atoms with Crippen molar-refractivity contribution in [3.63, 3.8) is 0 Å². The standard InChI is InChI=1S/C22H23N5O/c1-14-21(25-26-27(14)18-8-10-23-11-9-18)22(28)24-17-6-7-20-16(13-17)12-15-4-2-3-5-19(15)20/h2-7,13,18,23H,8-12H2,1H3,(H,24,28). The molecule has 1 aromatic heterocycles. The molecule has 6 nitrogen and oxygen atoms in total. The minimum absolute atomic E-state index is 0.201. The number of carbonyl (C=O) groups excluding carboxylic acids is 1. The highest BCUT2D eigenvalue weighted by atomic mass is 16.2. The zero-order chi connectivity index (χ0) is 19.1. The van der Waals surface area contributed by atoms with Crippen LogP contribution in [0.1, 0.15) is 46.2 Å². The summed E-state index contributed by atoms with van der Waals surface area (Å²) in [6.07, 6.45) is 2.92. The number of hydrogen-bond acceptors (Lipinski definition) is 4. The lowest BCUT2D eigenvalue weighted by atomic mass is 10.1. The molecule has 3 aromatic rings. The van der Waals surface area contributed by atoms with Gasteiger partial charge in [-0.25, -0.2) is 4.68 Å². The lowest BCUT2D eigenvalue weighted by Crippen LogP contribution is -2.30. The van der Waals surface area contributed by atoms with Crippen molar-refractivity contribution < 1.29 is 4.79 Å². The summed E-state index contributed by atoms with van der Waals surface area (Å²) in [5, 5.41) is 14.8. The van der Waals surface area contributed by atoms with E-state index in [1.54, 1.807) is 0 Å². The van der Waals surface area contributed by atoms with Crippen LogP contribution in [0.15, 0.2) is 42.5 Å². The minimum Gasteiger partial charge on any atom is -0.321 e. The Morgan fingerprint density at radius 3 is 2.75 bits per heavy atom. The molecule has 1 saturated heterocycles. The van der Waals surface area contributed by atoms with Crippen molar-refractivity contribution in [1.29, 1.82) is 0 Å². The van der Waals surface area contributed by atoms with Gasteiger partial charge in [0, 0.05) is 5.69 Å². The van der Waals surface area contributed by atoms with E-state index in [9.17, 15) is 4.79 Å². The number of amides is 1. The number of fused-ring (bicyclic) bond motifs is 3. The summed E-state index contributed by atoms with van der Waals surface area (Å²) in [6, 6.07) is 14.9. The molecule has 0 bridgehead atoms. The third-order valence-electron chi connectivity index (χ3n) is 5.85. The van der Waals surface area contributed by atoms with Crippen molar-refractivity contribution in [2.24, 2.45) is 0 Å². The van der Waals surface area contributed by atoms with Crippen LogP contribution in [0.5, 0.6) is 0 Å². The number of nitrogens with one attached hydrogen (secondary N) is 2. The molecule has 0 saturated carbocycles. The second-order valence-electron chi connectivity index (χ2n) is 7.61. The average Bonchev–Trinajstić information content (AvgIpc) is 3.28. The van der Waals surface area contributed by atoms with Crippen LogP contribution in [0.4, 0.5) is 5.69 Å². The van der Waals surface area contributed by atoms with Crippen LogP contribution in [-0.2, 0) is 6.42 Å². The molecular formula is C22H23N5O. The molecule has 2 N–H and O–H groups in total. The molecule has 0 atom stereocenters. The first kappa shape index (κ1) is 17.1. The quantitative estimate of drug-likeness (QED) is 0.578. The Morgan fingerprint density at radius 2 is 1.89 bits per heavy atom. The Kier molecular flexibility index (Phi) is 4.20. The second-order valence-corrected chi connectivity index (χ2v) is 7.61. The van der Waals surface area contributed by atoms with Crippen molar-refractivity contribution in [3.8, 4) is 11.1 Å². The predicted molar refractivity (Wildman–Crippen MR) is 109 cm³/mol. The summed E-state index contributed by atoms with van der Waals surface area (Å²) < 4.78 is 1.91. The second kappa shape index (κ2) is 6.87. The zero-order valence-electron chi connectivity index (χ0n) is 15.9. The van der Waals surface area contributed by atoms with Crippen molar-refractivity contribution in [2.45, 2.75) is 32.2 Å². The molecule has 5 rings (SSSR count). The van der Waals surface area contributed by atoms with Crippen molar-refractivity contribution in [2.75, 3.05) is 18.4 Å². The molecule has 1 amide bonds. The lowest BCUT2D eigenvalue weighted by molar-refractivity contribution is 0.102. The van der Waals surface area contributed by atoms with Gasteiger partial charge in [-0.2, -0.15) is 0 Å². The van der Waals surface area contributed by atoms with Crippen molar-refractivity contribution >= 4 is 11.6 Å². The monoisotopic (exact) mass is 373 g/mol. The fourth-order valence-corrected chi connectivity index (χ4v) is 4.36. The molecule has 142 valence electrons. The maximum atomic E-state index is 12.8. The van der Waals surface area contributed by atoms with Crippen LogP contribution in [0.2, 0.25) is 0 Å². The first-order valence-corrected chi connectivity index (χ1v) is 9.86. The van der Waals surface area contributed by atoms with Gasteiger partial charge in [0.15, 0.2) is 5.69 Å². The maximum Gasteiger partial charge on any atom is 0.278 e. The number of nitrogens with zero attached hydrogens (tertiary/aromatic N) is 3. The Morgan fingerprint density at radius 1 is 1.11 bits per heavy atom. The number of rotatable bonds is 3. The van der Waals surface area contributed by atoms with Gasteiger partial charge >= 0.3 is 0 Å². The smallest absolute Gasteiger partial charge is 0.278 e. The minimum atomic E-state index is -0.201. The van der Waals surface area contributed by atoms with E-state index >= 15 is 0 Å². The summed E-state index contributed by atoms with van der Waals surface area (Å²) >= 11 is 0. The molecule has 1 aliphatic carbocycles. The van der Waals surface area contributed by atoms with Crippen LogP contribution < -0.4 is 10.6 Å². The third-order valence-corrected chi connectivity index (χ3v) is 5.85. The summed E-state index contributed by atoms with van der Waals surface area (Å²) in [5.74, 6) is -0.201. The predicted octanol–water partition coefficient (Wildman–Crippen LogP) is 3.33. The molecule has 2 aromatic carbocycles. The maximum absolute atomic E-state index is 12.8. The van der Waals surface area contributed by atoms with Crippen molar-refractivity contribution in [3.05, 3.63) is 65.0 Å². The number of carbonyl (C=O) groups is 1. The third kappa shape index (κ3) is 2.90.